The number of unbranched alkanes of at least 4 members (excludes halogenated alkanes) is 16. The molecule has 43 heavy (non-hydrogen) atoms. The van der Waals surface area contributed by atoms with Crippen LogP contribution in [0.4, 0.5) is 0 Å². The van der Waals surface area contributed by atoms with Gasteiger partial charge in [-0.3, -0.25) is 4.79 Å². The van der Waals surface area contributed by atoms with Crippen molar-refractivity contribution in [1.82, 2.24) is 5.32 Å². The van der Waals surface area contributed by atoms with E-state index < -0.39 is 12.1 Å². The molecule has 0 aromatic carbocycles. The monoisotopic (exact) mass is 600 g/mol. The van der Waals surface area contributed by atoms with E-state index in [2.05, 4.69) is 67.8 Å². The average molecular weight is 600 g/mol. The number of aliphatic hydroxyl groups excluding tert-OH is 2. The van der Waals surface area contributed by atoms with Crippen molar-refractivity contribution >= 4 is 5.91 Å². The fourth-order valence-electron chi connectivity index (χ4n) is 5.02. The van der Waals surface area contributed by atoms with Crippen LogP contribution in [-0.4, -0.2) is 34.9 Å². The molecule has 0 rings (SSSR count). The molecule has 2 atom stereocenters. The van der Waals surface area contributed by atoms with Gasteiger partial charge in [0.1, 0.15) is 0 Å². The summed E-state index contributed by atoms with van der Waals surface area (Å²) in [5, 5.41) is 22.8. The highest BCUT2D eigenvalue weighted by Crippen LogP contribution is 2.14. The zero-order valence-electron chi connectivity index (χ0n) is 28.2. The molecule has 0 saturated heterocycles. The van der Waals surface area contributed by atoms with Crippen molar-refractivity contribution in [3.8, 4) is 0 Å². The highest BCUT2D eigenvalue weighted by atomic mass is 16.3. The van der Waals surface area contributed by atoms with Crippen LogP contribution >= 0.6 is 0 Å². The fraction of sp³-hybridized carbons (Fsp3) is 0.718. The predicted molar refractivity (Wildman–Crippen MR) is 188 cm³/mol. The van der Waals surface area contributed by atoms with Crippen LogP contribution in [0.1, 0.15) is 162 Å². The maximum atomic E-state index is 12.3. The minimum atomic E-state index is -0.868. The molecule has 248 valence electrons. The van der Waals surface area contributed by atoms with Crippen LogP contribution < -0.4 is 5.32 Å². The minimum absolute atomic E-state index is 0.0844. The van der Waals surface area contributed by atoms with Gasteiger partial charge in [-0.1, -0.05) is 152 Å². The Labute approximate surface area is 266 Å². The van der Waals surface area contributed by atoms with Crippen molar-refractivity contribution in [2.45, 2.75) is 174 Å². The molecule has 4 heteroatoms. The number of hydrogen-bond acceptors (Lipinski definition) is 3. The Morgan fingerprint density at radius 1 is 0.558 bits per heavy atom. The first-order valence-electron chi connectivity index (χ1n) is 18.0. The molecule has 0 saturated carbocycles. The lowest BCUT2D eigenvalue weighted by molar-refractivity contribution is -0.123. The maximum Gasteiger partial charge on any atom is 0.220 e. The number of rotatable bonds is 31. The zero-order chi connectivity index (χ0) is 31.5. The lowest BCUT2D eigenvalue weighted by Gasteiger charge is -2.19. The van der Waals surface area contributed by atoms with Gasteiger partial charge in [-0.15, -0.1) is 0 Å². The largest absolute Gasteiger partial charge is 0.394 e. The van der Waals surface area contributed by atoms with Crippen LogP contribution in [0.5, 0.6) is 0 Å². The van der Waals surface area contributed by atoms with Crippen molar-refractivity contribution in [2.24, 2.45) is 0 Å². The summed E-state index contributed by atoms with van der Waals surface area (Å²) in [4.78, 5) is 12.3. The Hall–Kier alpha value is -1.91. The Balaban J connectivity index is 3.59. The van der Waals surface area contributed by atoms with Gasteiger partial charge in [0.25, 0.3) is 0 Å². The van der Waals surface area contributed by atoms with E-state index in [1.165, 1.54) is 83.5 Å². The molecule has 0 heterocycles. The molecule has 0 aliphatic carbocycles. The van der Waals surface area contributed by atoms with E-state index in [1.54, 1.807) is 6.08 Å². The normalized spacial score (nSPS) is 13.9. The Morgan fingerprint density at radius 2 is 0.977 bits per heavy atom. The standard InChI is InChI=1S/C39H69NO3/c1-3-5-7-9-11-13-15-16-17-18-19-20-21-22-23-24-25-27-29-31-33-35-39(43)40-37(36-41)38(42)34-32-30-28-26-14-12-10-8-6-4-2/h5-8,11,13-14,26,32,34,37-38,41-42H,3-4,9-10,12,15-25,27-31,33,35-36H2,1-2H3,(H,40,43)/b7-5-,8-6+,13-11-,26-14+,34-32+. The first-order valence-corrected chi connectivity index (χ1v) is 18.0. The number of carbonyl (C=O) groups is 1. The van der Waals surface area contributed by atoms with Crippen molar-refractivity contribution in [2.75, 3.05) is 6.61 Å². The summed E-state index contributed by atoms with van der Waals surface area (Å²) in [5.74, 6) is -0.0844. The van der Waals surface area contributed by atoms with E-state index in [0.29, 0.717) is 6.42 Å². The number of amides is 1. The van der Waals surface area contributed by atoms with Crippen LogP contribution in [-0.2, 0) is 4.79 Å². The summed E-state index contributed by atoms with van der Waals surface area (Å²) in [5.41, 5.74) is 0. The van der Waals surface area contributed by atoms with E-state index in [4.69, 9.17) is 0 Å². The summed E-state index contributed by atoms with van der Waals surface area (Å²) in [7, 11) is 0. The molecule has 0 fully saturated rings. The van der Waals surface area contributed by atoms with E-state index in [1.807, 2.05) is 6.08 Å². The Kier molecular flexibility index (Phi) is 33.0. The molecule has 1 amide bonds. The van der Waals surface area contributed by atoms with Gasteiger partial charge in [-0.2, -0.15) is 0 Å². The minimum Gasteiger partial charge on any atom is -0.394 e. The number of nitrogens with one attached hydrogen (secondary N) is 1. The van der Waals surface area contributed by atoms with Crippen molar-refractivity contribution in [1.29, 1.82) is 0 Å². The summed E-state index contributed by atoms with van der Waals surface area (Å²) in [6.07, 6.45) is 47.5. The van der Waals surface area contributed by atoms with E-state index in [9.17, 15) is 15.0 Å². The quantitative estimate of drug-likeness (QED) is 0.0548. The van der Waals surface area contributed by atoms with Crippen LogP contribution in [0.25, 0.3) is 0 Å². The van der Waals surface area contributed by atoms with Crippen molar-refractivity contribution < 1.29 is 15.0 Å². The molecule has 2 unspecified atom stereocenters. The first-order chi connectivity index (χ1) is 21.2. The second-order valence-electron chi connectivity index (χ2n) is 11.9. The van der Waals surface area contributed by atoms with Gasteiger partial charge in [0.2, 0.25) is 5.91 Å². The SMILES string of the molecule is CC/C=C\C/C=C\CCCCCCCCCCCCCCCCC(=O)NC(CO)C(O)/C=C/CC/C=C/CC/C=C/CC. The van der Waals surface area contributed by atoms with E-state index >= 15 is 0 Å². The van der Waals surface area contributed by atoms with Gasteiger partial charge in [-0.05, 0) is 64.2 Å². The maximum absolute atomic E-state index is 12.3. The fourth-order valence-corrected chi connectivity index (χ4v) is 5.02. The predicted octanol–water partition coefficient (Wildman–Crippen LogP) is 10.6. The van der Waals surface area contributed by atoms with Gasteiger partial charge < -0.3 is 15.5 Å². The molecule has 4 nitrogen and oxygen atoms in total. The average Bonchev–Trinajstić information content (AvgIpc) is 3.01. The van der Waals surface area contributed by atoms with Gasteiger partial charge in [0.15, 0.2) is 0 Å². The molecule has 0 aliphatic rings. The molecular formula is C39H69NO3. The third kappa shape index (κ3) is 31.3. The Bertz CT molecular complexity index is 737. The van der Waals surface area contributed by atoms with E-state index in [-0.39, 0.29) is 12.5 Å². The van der Waals surface area contributed by atoms with Crippen molar-refractivity contribution in [3.63, 3.8) is 0 Å². The lowest BCUT2D eigenvalue weighted by atomic mass is 10.0. The summed E-state index contributed by atoms with van der Waals surface area (Å²) in [6, 6.07) is -0.644. The highest BCUT2D eigenvalue weighted by molar-refractivity contribution is 5.76. The topological polar surface area (TPSA) is 69.6 Å². The van der Waals surface area contributed by atoms with Crippen LogP contribution in [0, 0.1) is 0 Å². The molecule has 0 radical (unpaired) electrons. The number of hydrogen-bond donors (Lipinski definition) is 3. The number of allylic oxidation sites excluding steroid dienone is 9. The van der Waals surface area contributed by atoms with Crippen LogP contribution in [0.15, 0.2) is 60.8 Å². The first kappa shape index (κ1) is 41.1. The molecule has 0 bridgehead atoms. The second-order valence-corrected chi connectivity index (χ2v) is 11.9. The summed E-state index contributed by atoms with van der Waals surface area (Å²) < 4.78 is 0. The smallest absolute Gasteiger partial charge is 0.220 e. The van der Waals surface area contributed by atoms with Gasteiger partial charge in [0, 0.05) is 6.42 Å². The molecule has 3 N–H and O–H groups in total. The van der Waals surface area contributed by atoms with Gasteiger partial charge in [0.05, 0.1) is 18.8 Å². The second kappa shape index (κ2) is 34.6. The molecule has 0 aromatic heterocycles. The van der Waals surface area contributed by atoms with Gasteiger partial charge >= 0.3 is 0 Å². The molecular weight excluding hydrogens is 530 g/mol. The third-order valence-electron chi connectivity index (χ3n) is 7.72. The molecule has 0 spiro atoms. The Morgan fingerprint density at radius 3 is 1.51 bits per heavy atom. The van der Waals surface area contributed by atoms with Gasteiger partial charge in [-0.25, -0.2) is 0 Å². The summed E-state index contributed by atoms with van der Waals surface area (Å²) >= 11 is 0. The third-order valence-corrected chi connectivity index (χ3v) is 7.72. The number of carbonyl (C=O) groups excluding carboxylic acids is 1. The molecule has 0 aromatic rings. The molecule has 0 aliphatic heterocycles. The zero-order valence-corrected chi connectivity index (χ0v) is 28.2. The number of aliphatic hydroxyl groups is 2. The lowest BCUT2D eigenvalue weighted by Crippen LogP contribution is -2.45. The van der Waals surface area contributed by atoms with Crippen LogP contribution in [0.2, 0.25) is 0 Å². The van der Waals surface area contributed by atoms with Crippen molar-refractivity contribution in [3.05, 3.63) is 60.8 Å². The van der Waals surface area contributed by atoms with Crippen LogP contribution in [0.3, 0.4) is 0 Å². The van der Waals surface area contributed by atoms with E-state index in [0.717, 1.165) is 57.8 Å². The summed E-state index contributed by atoms with van der Waals surface area (Å²) in [6.45, 7) is 4.05. The highest BCUT2D eigenvalue weighted by Gasteiger charge is 2.17.